The topological polar surface area (TPSA) is 15.7 Å². The molecule has 6 heteroatoms. The molecule has 56 heavy (non-hydrogen) atoms. The minimum absolute atomic E-state index is 0.00989. The highest BCUT2D eigenvalue weighted by atomic mass is 32.2. The lowest BCUT2D eigenvalue weighted by molar-refractivity contribution is 0.460. The Hall–Kier alpha value is -4.91. The first-order chi connectivity index (χ1) is 26.7. The molecule has 0 N–H and O–H groups in total. The number of rotatable bonds is 2. The van der Waals surface area contributed by atoms with E-state index in [1.807, 2.05) is 11.3 Å². The molecule has 3 aliphatic heterocycles. The summed E-state index contributed by atoms with van der Waals surface area (Å²) in [5, 5.41) is 1.19. The van der Waals surface area contributed by atoms with Crippen LogP contribution in [0.3, 0.4) is 0 Å². The van der Waals surface area contributed by atoms with Gasteiger partial charge in [0, 0.05) is 37.9 Å². The molecule has 10 rings (SSSR count). The lowest BCUT2D eigenvalue weighted by Gasteiger charge is -2.43. The number of fused-ring (bicyclic) bond motifs is 9. The zero-order valence-electron chi connectivity index (χ0n) is 33.7. The summed E-state index contributed by atoms with van der Waals surface area (Å²) in [7, 11) is 0. The molecule has 0 amide bonds. The van der Waals surface area contributed by atoms with Gasteiger partial charge in [-0.2, -0.15) is 0 Å². The van der Waals surface area contributed by atoms with Crippen LogP contribution in [0.5, 0.6) is 11.5 Å². The largest absolute Gasteiger partial charge is 0.454 e. The standard InChI is InChI=1S/C50H47BN2OS2/c1-48(2,3)30-17-22-33(23-18-30)52-36-26-21-32(50(7,8)9)29-35(36)51-44-37(52)13-12-14-38(44)53(34-24-19-31(20-25-34)49(4,5)6)45-43-41(56-47(45)51)27-28-42-46(43)54-39-15-10-11-16-40(39)55-42/h10-29H,1-9H3. The van der Waals surface area contributed by atoms with Crippen LogP contribution < -0.4 is 30.2 Å². The molecule has 0 radical (unpaired) electrons. The quantitative estimate of drug-likeness (QED) is 0.163. The summed E-state index contributed by atoms with van der Waals surface area (Å²) in [6.07, 6.45) is 0. The maximum atomic E-state index is 6.95. The van der Waals surface area contributed by atoms with E-state index in [1.165, 1.54) is 70.9 Å². The van der Waals surface area contributed by atoms with E-state index < -0.39 is 0 Å². The third-order valence-corrected chi connectivity index (χ3v) is 14.1. The minimum Gasteiger partial charge on any atom is -0.454 e. The summed E-state index contributed by atoms with van der Waals surface area (Å²) in [5.74, 6) is 1.88. The average molecular weight is 767 g/mol. The summed E-state index contributed by atoms with van der Waals surface area (Å²) in [6, 6.07) is 45.7. The SMILES string of the molecule is CC(C)(C)c1ccc(N2c3ccc(C(C)(C)C)cc3B3c4sc5ccc6c(c5c4N(c4ccc(C(C)(C)C)cc4)c4cccc2c43)Oc2ccccc2S6)cc1. The second kappa shape index (κ2) is 12.3. The van der Waals surface area contributed by atoms with E-state index in [0.29, 0.717) is 0 Å². The van der Waals surface area contributed by atoms with Gasteiger partial charge in [-0.3, -0.25) is 0 Å². The summed E-state index contributed by atoms with van der Waals surface area (Å²) in [4.78, 5) is 7.37. The third-order valence-electron chi connectivity index (χ3n) is 11.8. The van der Waals surface area contributed by atoms with E-state index in [-0.39, 0.29) is 23.0 Å². The number of nitrogens with zero attached hydrogens (tertiary/aromatic N) is 2. The zero-order chi connectivity index (χ0) is 38.9. The van der Waals surface area contributed by atoms with E-state index in [0.717, 1.165) is 27.0 Å². The number of hydrogen-bond donors (Lipinski definition) is 0. The summed E-state index contributed by atoms with van der Waals surface area (Å²) in [5.41, 5.74) is 14.1. The fourth-order valence-electron chi connectivity index (χ4n) is 8.72. The Bertz CT molecular complexity index is 2710. The van der Waals surface area contributed by atoms with Crippen molar-refractivity contribution in [1.29, 1.82) is 0 Å². The molecule has 0 bridgehead atoms. The molecule has 3 aliphatic rings. The Kier molecular flexibility index (Phi) is 7.80. The molecular weight excluding hydrogens is 720 g/mol. The van der Waals surface area contributed by atoms with Crippen molar-refractivity contribution >= 4 is 89.7 Å². The zero-order valence-corrected chi connectivity index (χ0v) is 35.4. The van der Waals surface area contributed by atoms with E-state index in [2.05, 4.69) is 193 Å². The average Bonchev–Trinajstić information content (AvgIpc) is 3.55. The number of thiophene rings is 1. The van der Waals surface area contributed by atoms with Crippen LogP contribution in [0.25, 0.3) is 10.1 Å². The van der Waals surface area contributed by atoms with Crippen molar-refractivity contribution < 1.29 is 4.74 Å². The summed E-state index contributed by atoms with van der Waals surface area (Å²) >= 11 is 3.73. The van der Waals surface area contributed by atoms with Crippen LogP contribution in [0.4, 0.5) is 34.1 Å². The van der Waals surface area contributed by atoms with Crippen molar-refractivity contribution in [3.8, 4) is 11.5 Å². The fourth-order valence-corrected chi connectivity index (χ4v) is 11.0. The van der Waals surface area contributed by atoms with Gasteiger partial charge in [-0.15, -0.1) is 11.3 Å². The normalized spacial score (nSPS) is 14.5. The molecule has 4 heterocycles. The molecule has 278 valence electrons. The van der Waals surface area contributed by atoms with Gasteiger partial charge in [-0.1, -0.05) is 129 Å². The van der Waals surface area contributed by atoms with E-state index in [4.69, 9.17) is 4.74 Å². The Balaban J connectivity index is 1.28. The number of benzene rings is 6. The van der Waals surface area contributed by atoms with Gasteiger partial charge < -0.3 is 14.5 Å². The first kappa shape index (κ1) is 35.5. The van der Waals surface area contributed by atoms with Crippen LogP contribution in [-0.4, -0.2) is 6.71 Å². The molecule has 0 fully saturated rings. The van der Waals surface area contributed by atoms with Crippen LogP contribution in [0.2, 0.25) is 0 Å². The predicted molar refractivity (Wildman–Crippen MR) is 243 cm³/mol. The first-order valence-corrected chi connectivity index (χ1v) is 21.4. The van der Waals surface area contributed by atoms with Crippen molar-refractivity contribution in [1.82, 2.24) is 0 Å². The van der Waals surface area contributed by atoms with Crippen LogP contribution in [0, 0.1) is 0 Å². The molecule has 7 aromatic rings. The van der Waals surface area contributed by atoms with Gasteiger partial charge in [0.05, 0.1) is 20.9 Å². The van der Waals surface area contributed by atoms with Crippen molar-refractivity contribution in [2.75, 3.05) is 9.80 Å². The number of para-hydroxylation sites is 1. The summed E-state index contributed by atoms with van der Waals surface area (Å²) in [6.45, 7) is 20.7. The Morgan fingerprint density at radius 2 is 1.12 bits per heavy atom. The Morgan fingerprint density at radius 3 is 1.77 bits per heavy atom. The maximum Gasteiger partial charge on any atom is 0.264 e. The first-order valence-electron chi connectivity index (χ1n) is 19.8. The number of anilines is 6. The lowest BCUT2D eigenvalue weighted by Crippen LogP contribution is -2.60. The van der Waals surface area contributed by atoms with Crippen molar-refractivity contribution in [2.24, 2.45) is 0 Å². The van der Waals surface area contributed by atoms with Crippen LogP contribution in [-0.2, 0) is 16.2 Å². The van der Waals surface area contributed by atoms with Crippen molar-refractivity contribution in [3.05, 3.63) is 138 Å². The highest BCUT2D eigenvalue weighted by Gasteiger charge is 2.46. The molecule has 0 unspecified atom stereocenters. The molecule has 0 atom stereocenters. The predicted octanol–water partition coefficient (Wildman–Crippen LogP) is 13.1. The molecule has 0 saturated heterocycles. The lowest BCUT2D eigenvalue weighted by atomic mass is 9.36. The van der Waals surface area contributed by atoms with Crippen molar-refractivity contribution in [2.45, 2.75) is 88.3 Å². The monoisotopic (exact) mass is 766 g/mol. The van der Waals surface area contributed by atoms with Gasteiger partial charge >= 0.3 is 0 Å². The van der Waals surface area contributed by atoms with Crippen LogP contribution >= 0.6 is 23.1 Å². The van der Waals surface area contributed by atoms with Gasteiger partial charge in [0.2, 0.25) is 0 Å². The highest BCUT2D eigenvalue weighted by Crippen LogP contribution is 2.55. The number of ether oxygens (including phenoxy) is 1. The molecule has 0 aliphatic carbocycles. The van der Waals surface area contributed by atoms with Crippen LogP contribution in [0.15, 0.2) is 131 Å². The number of hydrogen-bond acceptors (Lipinski definition) is 5. The smallest absolute Gasteiger partial charge is 0.264 e. The molecular formula is C50H47BN2OS2. The van der Waals surface area contributed by atoms with Gasteiger partial charge in [-0.25, -0.2) is 0 Å². The van der Waals surface area contributed by atoms with Gasteiger partial charge in [0.15, 0.2) is 5.75 Å². The molecule has 6 aromatic carbocycles. The maximum absolute atomic E-state index is 6.95. The summed E-state index contributed by atoms with van der Waals surface area (Å²) < 4.78 is 9.55. The second-order valence-electron chi connectivity index (χ2n) is 18.7. The molecule has 1 aromatic heterocycles. The van der Waals surface area contributed by atoms with E-state index >= 15 is 0 Å². The third kappa shape index (κ3) is 5.47. The highest BCUT2D eigenvalue weighted by molar-refractivity contribution is 7.99. The van der Waals surface area contributed by atoms with Crippen molar-refractivity contribution in [3.63, 3.8) is 0 Å². The van der Waals surface area contributed by atoms with Gasteiger partial charge in [0.25, 0.3) is 6.71 Å². The Morgan fingerprint density at radius 1 is 0.536 bits per heavy atom. The van der Waals surface area contributed by atoms with Crippen LogP contribution in [0.1, 0.15) is 79.0 Å². The fraction of sp³-hybridized carbons (Fsp3) is 0.240. The van der Waals surface area contributed by atoms with Gasteiger partial charge in [-0.05, 0) is 111 Å². The second-order valence-corrected chi connectivity index (χ2v) is 20.8. The molecule has 0 spiro atoms. The Labute approximate surface area is 340 Å². The van der Waals surface area contributed by atoms with E-state index in [9.17, 15) is 0 Å². The van der Waals surface area contributed by atoms with Gasteiger partial charge in [0.1, 0.15) is 5.75 Å². The molecule has 3 nitrogen and oxygen atoms in total. The molecule has 0 saturated carbocycles. The minimum atomic E-state index is -0.00989. The van der Waals surface area contributed by atoms with E-state index in [1.54, 1.807) is 11.8 Å².